The number of aliphatic hydroxyl groups is 1. The van der Waals surface area contributed by atoms with Crippen LogP contribution in [0.4, 0.5) is 0 Å². The molecule has 1 saturated heterocycles. The summed E-state index contributed by atoms with van der Waals surface area (Å²) in [4.78, 5) is 0. The van der Waals surface area contributed by atoms with Crippen molar-refractivity contribution >= 4 is 0 Å². The molecule has 0 unspecified atom stereocenters. The monoisotopic (exact) mass is 181 g/mol. The van der Waals surface area contributed by atoms with Gasteiger partial charge in [-0.3, -0.25) is 0 Å². The highest BCUT2D eigenvalue weighted by Crippen LogP contribution is 2.25. The first-order valence-electron chi connectivity index (χ1n) is 4.77. The first-order valence-corrected chi connectivity index (χ1v) is 4.77. The molecule has 0 aliphatic carbocycles. The maximum atomic E-state index is 8.73. The second-order valence-corrected chi connectivity index (χ2v) is 3.46. The summed E-state index contributed by atoms with van der Waals surface area (Å²) in [5.41, 5.74) is 0. The second kappa shape index (κ2) is 3.94. The van der Waals surface area contributed by atoms with Crippen LogP contribution >= 0.6 is 0 Å². The predicted molar refractivity (Wildman–Crippen MR) is 49.4 cm³/mol. The molecule has 1 aliphatic rings. The van der Waals surface area contributed by atoms with Crippen molar-refractivity contribution in [3.05, 3.63) is 24.5 Å². The van der Waals surface area contributed by atoms with Crippen molar-refractivity contribution in [3.63, 3.8) is 0 Å². The van der Waals surface area contributed by atoms with Crippen molar-refractivity contribution in [2.45, 2.75) is 31.6 Å². The first-order chi connectivity index (χ1) is 6.40. The van der Waals surface area contributed by atoms with Crippen molar-refractivity contribution in [1.29, 1.82) is 0 Å². The van der Waals surface area contributed by atoms with Crippen LogP contribution in [0.1, 0.15) is 12.8 Å². The summed E-state index contributed by atoms with van der Waals surface area (Å²) in [6.07, 6.45) is 6.76. The Bertz CT molecular complexity index is 245. The number of aliphatic hydroxyl groups excluding tert-OH is 1. The number of epoxide rings is 1. The van der Waals surface area contributed by atoms with E-state index >= 15 is 0 Å². The van der Waals surface area contributed by atoms with E-state index in [1.807, 2.05) is 12.1 Å². The van der Waals surface area contributed by atoms with Gasteiger partial charge in [0.15, 0.2) is 0 Å². The number of nitrogens with zero attached hydrogens (tertiary/aromatic N) is 1. The lowest BCUT2D eigenvalue weighted by atomic mass is 10.2. The minimum Gasteiger partial charge on any atom is -0.394 e. The van der Waals surface area contributed by atoms with Gasteiger partial charge in [0.2, 0.25) is 0 Å². The van der Waals surface area contributed by atoms with Crippen LogP contribution in [0.15, 0.2) is 24.5 Å². The molecule has 3 heteroatoms. The summed E-state index contributed by atoms with van der Waals surface area (Å²) in [5, 5.41) is 8.73. The van der Waals surface area contributed by atoms with Crippen molar-refractivity contribution < 1.29 is 9.84 Å². The van der Waals surface area contributed by atoms with Crippen LogP contribution in [0.3, 0.4) is 0 Å². The van der Waals surface area contributed by atoms with Crippen LogP contribution in [0.2, 0.25) is 0 Å². The van der Waals surface area contributed by atoms with Gasteiger partial charge in [-0.25, -0.2) is 0 Å². The number of hydrogen-bond donors (Lipinski definition) is 1. The zero-order valence-electron chi connectivity index (χ0n) is 7.60. The van der Waals surface area contributed by atoms with E-state index in [1.54, 1.807) is 0 Å². The maximum absolute atomic E-state index is 8.73. The zero-order chi connectivity index (χ0) is 9.10. The lowest BCUT2D eigenvalue weighted by molar-refractivity contribution is 0.241. The molecular weight excluding hydrogens is 166 g/mol. The van der Waals surface area contributed by atoms with E-state index in [2.05, 4.69) is 17.0 Å². The molecule has 0 spiro atoms. The van der Waals surface area contributed by atoms with Gasteiger partial charge in [0.1, 0.15) is 6.10 Å². The molecule has 72 valence electrons. The van der Waals surface area contributed by atoms with Crippen molar-refractivity contribution in [2.24, 2.45) is 0 Å². The van der Waals surface area contributed by atoms with Gasteiger partial charge in [-0.1, -0.05) is 0 Å². The van der Waals surface area contributed by atoms with Crippen molar-refractivity contribution in [1.82, 2.24) is 4.57 Å². The minimum absolute atomic E-state index is 0.129. The van der Waals surface area contributed by atoms with Gasteiger partial charge in [0.25, 0.3) is 0 Å². The number of ether oxygens (including phenoxy) is 1. The van der Waals surface area contributed by atoms with Crippen LogP contribution < -0.4 is 0 Å². The van der Waals surface area contributed by atoms with Gasteiger partial charge in [0.05, 0.1) is 12.7 Å². The molecule has 0 radical (unpaired) electrons. The Morgan fingerprint density at radius 2 is 2.00 bits per heavy atom. The van der Waals surface area contributed by atoms with E-state index in [1.165, 1.54) is 0 Å². The van der Waals surface area contributed by atoms with Gasteiger partial charge in [-0.2, -0.15) is 0 Å². The molecular formula is C10H15NO2. The van der Waals surface area contributed by atoms with E-state index in [0.29, 0.717) is 6.10 Å². The second-order valence-electron chi connectivity index (χ2n) is 3.46. The number of rotatable bonds is 5. The summed E-state index contributed by atoms with van der Waals surface area (Å²) in [6, 6.07) is 4.06. The summed E-state index contributed by atoms with van der Waals surface area (Å²) in [5.74, 6) is 0. The molecule has 1 aliphatic heterocycles. The Hall–Kier alpha value is -0.800. The molecule has 0 bridgehead atoms. The fourth-order valence-electron chi connectivity index (χ4n) is 1.59. The quantitative estimate of drug-likeness (QED) is 0.689. The molecule has 0 amide bonds. The van der Waals surface area contributed by atoms with E-state index in [-0.39, 0.29) is 12.7 Å². The molecule has 1 aromatic heterocycles. The number of aryl methyl sites for hydroxylation is 1. The first kappa shape index (κ1) is 8.78. The summed E-state index contributed by atoms with van der Waals surface area (Å²) in [7, 11) is 0. The van der Waals surface area contributed by atoms with Gasteiger partial charge in [0, 0.05) is 18.9 Å². The van der Waals surface area contributed by atoms with Crippen LogP contribution in [0, 0.1) is 0 Å². The molecule has 1 fully saturated rings. The molecule has 13 heavy (non-hydrogen) atoms. The minimum atomic E-state index is 0.129. The molecule has 2 atom stereocenters. The molecule has 0 aromatic carbocycles. The topological polar surface area (TPSA) is 37.7 Å². The Morgan fingerprint density at radius 3 is 2.62 bits per heavy atom. The number of hydrogen-bond acceptors (Lipinski definition) is 2. The van der Waals surface area contributed by atoms with Crippen molar-refractivity contribution in [2.75, 3.05) is 6.61 Å². The smallest absolute Gasteiger partial charge is 0.107 e. The fraction of sp³-hybridized carbons (Fsp3) is 0.600. The molecule has 1 aromatic rings. The molecule has 3 nitrogen and oxygen atoms in total. The highest BCUT2D eigenvalue weighted by atomic mass is 16.6. The highest BCUT2D eigenvalue weighted by Gasteiger charge is 2.36. The lowest BCUT2D eigenvalue weighted by Crippen LogP contribution is -2.01. The Balaban J connectivity index is 1.60. The van der Waals surface area contributed by atoms with Gasteiger partial charge in [-0.15, -0.1) is 0 Å². The van der Waals surface area contributed by atoms with E-state index in [4.69, 9.17) is 9.84 Å². The van der Waals surface area contributed by atoms with Crippen LogP contribution in [-0.4, -0.2) is 28.5 Å². The van der Waals surface area contributed by atoms with Crippen LogP contribution in [0.25, 0.3) is 0 Å². The maximum Gasteiger partial charge on any atom is 0.107 e. The van der Waals surface area contributed by atoms with Crippen LogP contribution in [-0.2, 0) is 11.3 Å². The van der Waals surface area contributed by atoms with E-state index in [0.717, 1.165) is 19.4 Å². The van der Waals surface area contributed by atoms with Gasteiger partial charge in [-0.05, 0) is 25.0 Å². The lowest BCUT2D eigenvalue weighted by Gasteiger charge is -2.00. The van der Waals surface area contributed by atoms with E-state index in [9.17, 15) is 0 Å². The normalized spacial score (nSPS) is 26.2. The largest absolute Gasteiger partial charge is 0.394 e. The fourth-order valence-corrected chi connectivity index (χ4v) is 1.59. The van der Waals surface area contributed by atoms with Gasteiger partial charge >= 0.3 is 0 Å². The Kier molecular flexibility index (Phi) is 2.66. The molecule has 2 heterocycles. The SMILES string of the molecule is OC[C@H]1O[C@H]1CCCn1cccc1. The summed E-state index contributed by atoms with van der Waals surface area (Å²) in [6.45, 7) is 1.22. The van der Waals surface area contributed by atoms with Crippen molar-refractivity contribution in [3.8, 4) is 0 Å². The standard InChI is InChI=1S/C10H15NO2/c12-8-10-9(13-10)4-3-7-11-5-1-2-6-11/h1-2,5-6,9-10,12H,3-4,7-8H2/t9-,10+/m0/s1. The zero-order valence-corrected chi connectivity index (χ0v) is 7.60. The average Bonchev–Trinajstić information content (AvgIpc) is 2.69. The third kappa shape index (κ3) is 2.32. The van der Waals surface area contributed by atoms with Gasteiger partial charge < -0.3 is 14.4 Å². The Labute approximate surface area is 77.9 Å². The highest BCUT2D eigenvalue weighted by molar-refractivity contribution is 4.90. The molecule has 2 rings (SSSR count). The number of aromatic nitrogens is 1. The summed E-state index contributed by atoms with van der Waals surface area (Å²) >= 11 is 0. The van der Waals surface area contributed by atoms with E-state index < -0.39 is 0 Å². The molecule has 0 saturated carbocycles. The summed E-state index contributed by atoms with van der Waals surface area (Å²) < 4.78 is 7.39. The van der Waals surface area contributed by atoms with Crippen LogP contribution in [0.5, 0.6) is 0 Å². The third-order valence-electron chi connectivity index (χ3n) is 2.44. The average molecular weight is 181 g/mol. The third-order valence-corrected chi connectivity index (χ3v) is 2.44. The predicted octanol–water partition coefficient (Wildman–Crippen LogP) is 1.03. The Morgan fingerprint density at radius 1 is 1.23 bits per heavy atom. The molecule has 1 N–H and O–H groups in total.